The summed E-state index contributed by atoms with van der Waals surface area (Å²) in [4.78, 5) is 2.45. The molecule has 9 rings (SSSR count). The monoisotopic (exact) mass is 686 g/mol. The summed E-state index contributed by atoms with van der Waals surface area (Å²) in [6.07, 6.45) is 10.7. The first-order valence-electron chi connectivity index (χ1n) is 16.7. The Morgan fingerprint density at radius 1 is 0.469 bits per heavy atom. The molecule has 0 bridgehead atoms. The molecule has 3 aliphatic heterocycles. The van der Waals surface area contributed by atoms with Gasteiger partial charge in [0.25, 0.3) is 0 Å². The molecule has 0 amide bonds. The van der Waals surface area contributed by atoms with Crippen molar-refractivity contribution in [2.45, 2.75) is 25.9 Å². The van der Waals surface area contributed by atoms with Crippen molar-refractivity contribution < 1.29 is 0 Å². The molecule has 0 fully saturated rings. The molecule has 0 radical (unpaired) electrons. The lowest BCUT2D eigenvalue weighted by atomic mass is 9.94. The van der Waals surface area contributed by atoms with Crippen molar-refractivity contribution in [3.8, 4) is 0 Å². The van der Waals surface area contributed by atoms with Gasteiger partial charge in [-0.05, 0) is 45.6 Å². The van der Waals surface area contributed by atoms with Gasteiger partial charge >= 0.3 is 0 Å². The molecule has 7 heteroatoms. The Kier molecular flexibility index (Phi) is 7.56. The van der Waals surface area contributed by atoms with Crippen LogP contribution in [0.5, 0.6) is 0 Å². The molecular formula is C42H34N4S2Si. The third-order valence-corrected chi connectivity index (χ3v) is 15.3. The molecule has 0 spiro atoms. The molecule has 4 aromatic rings. The highest BCUT2D eigenvalue weighted by molar-refractivity contribution is 8.02. The summed E-state index contributed by atoms with van der Waals surface area (Å²) >= 11 is 3.53. The van der Waals surface area contributed by atoms with Gasteiger partial charge in [-0.1, -0.05) is 147 Å². The maximum absolute atomic E-state index is 5.42. The van der Waals surface area contributed by atoms with Crippen molar-refractivity contribution in [1.82, 2.24) is 8.83 Å². The summed E-state index contributed by atoms with van der Waals surface area (Å²) < 4.78 is 4.53. The molecule has 5 aliphatic rings. The predicted molar refractivity (Wildman–Crippen MR) is 212 cm³/mol. The summed E-state index contributed by atoms with van der Waals surface area (Å²) in [6.45, 7) is 4.96. The molecule has 0 atom stereocenters. The van der Waals surface area contributed by atoms with Gasteiger partial charge in [-0.15, -0.1) is 0 Å². The normalized spacial score (nSPS) is 19.6. The van der Waals surface area contributed by atoms with E-state index in [9.17, 15) is 0 Å². The highest BCUT2D eigenvalue weighted by Gasteiger charge is 2.51. The molecule has 0 N–H and O–H groups in total. The van der Waals surface area contributed by atoms with Gasteiger partial charge in [-0.3, -0.25) is 0 Å². The largest absolute Gasteiger partial charge is 0.209 e. The van der Waals surface area contributed by atoms with Gasteiger partial charge in [-0.2, -0.15) is 10.2 Å². The minimum Gasteiger partial charge on any atom is -0.209 e. The number of hydrogen-bond acceptors (Lipinski definition) is 6. The van der Waals surface area contributed by atoms with Gasteiger partial charge < -0.3 is 0 Å². The second-order valence-electron chi connectivity index (χ2n) is 13.2. The van der Waals surface area contributed by atoms with Gasteiger partial charge in [0.2, 0.25) is 0 Å². The number of fused-ring (bicyclic) bond motifs is 2. The van der Waals surface area contributed by atoms with Crippen molar-refractivity contribution in [3.05, 3.63) is 188 Å². The van der Waals surface area contributed by atoms with Crippen molar-refractivity contribution in [2.75, 3.05) is 0 Å². The van der Waals surface area contributed by atoms with E-state index in [0.29, 0.717) is 0 Å². The summed E-state index contributed by atoms with van der Waals surface area (Å²) in [6, 6.07) is 43.2. The Bertz CT molecular complexity index is 2070. The third kappa shape index (κ3) is 5.33. The molecule has 238 valence electrons. The highest BCUT2D eigenvalue weighted by Crippen LogP contribution is 2.56. The number of nitrogens with zero attached hydrogens (tertiary/aromatic N) is 4. The summed E-state index contributed by atoms with van der Waals surface area (Å²) in [5.74, 6) is 0. The number of hydrazone groups is 2. The van der Waals surface area contributed by atoms with E-state index in [4.69, 9.17) is 10.2 Å². The van der Waals surface area contributed by atoms with E-state index >= 15 is 0 Å². The Hall–Kier alpha value is -4.82. The zero-order valence-corrected chi connectivity index (χ0v) is 30.0. The zero-order valence-electron chi connectivity index (χ0n) is 27.4. The molecule has 4 aromatic carbocycles. The molecule has 0 unspecified atom stereocenters. The van der Waals surface area contributed by atoms with E-state index in [1.807, 2.05) is 0 Å². The van der Waals surface area contributed by atoms with E-state index < -0.39 is 8.07 Å². The number of benzene rings is 4. The first-order chi connectivity index (χ1) is 24.0. The molecular weight excluding hydrogens is 653 g/mol. The van der Waals surface area contributed by atoms with Crippen molar-refractivity contribution >= 4 is 65.7 Å². The van der Waals surface area contributed by atoms with Crippen LogP contribution < -0.4 is 0 Å². The fourth-order valence-corrected chi connectivity index (χ4v) is 13.7. The van der Waals surface area contributed by atoms with Crippen molar-refractivity contribution in [3.63, 3.8) is 0 Å². The highest BCUT2D eigenvalue weighted by atomic mass is 32.2. The van der Waals surface area contributed by atoms with Crippen LogP contribution >= 0.6 is 23.9 Å². The van der Waals surface area contributed by atoms with Gasteiger partial charge in [0, 0.05) is 58.5 Å². The molecule has 49 heavy (non-hydrogen) atoms. The molecule has 4 nitrogen and oxygen atoms in total. The summed E-state index contributed by atoms with van der Waals surface area (Å²) in [5, 5.41) is 13.5. The fraction of sp³-hybridized carbons (Fsp3) is 0.0952. The molecule has 2 aliphatic carbocycles. The Morgan fingerprint density at radius 2 is 0.816 bits per heavy atom. The maximum Gasteiger partial charge on any atom is 0.162 e. The van der Waals surface area contributed by atoms with Crippen LogP contribution in [0.3, 0.4) is 0 Å². The lowest BCUT2D eigenvalue weighted by Gasteiger charge is -2.31. The first kappa shape index (κ1) is 30.3. The van der Waals surface area contributed by atoms with E-state index in [-0.39, 0.29) is 0 Å². The van der Waals surface area contributed by atoms with Crippen molar-refractivity contribution in [1.29, 1.82) is 0 Å². The van der Waals surface area contributed by atoms with Crippen LogP contribution in [0, 0.1) is 0 Å². The van der Waals surface area contributed by atoms with Crippen LogP contribution in [0.25, 0.3) is 22.3 Å². The second-order valence-corrected chi connectivity index (χ2v) is 19.3. The second kappa shape index (κ2) is 12.3. The third-order valence-electron chi connectivity index (χ3n) is 9.65. The Morgan fingerprint density at radius 3 is 1.18 bits per heavy atom. The SMILES string of the molecule is C[Si]1(C)C(N2N=C3CC(c4ccccc4)=CC=C3S2)=C(c2ccccc2)C(c2ccccc2)=C1N1N=C2CC(c3ccccc3)=CC=C2S1. The van der Waals surface area contributed by atoms with Crippen LogP contribution in [0.1, 0.15) is 35.1 Å². The van der Waals surface area contributed by atoms with Crippen LogP contribution in [-0.4, -0.2) is 28.3 Å². The minimum absolute atomic E-state index is 0.821. The molecule has 3 heterocycles. The van der Waals surface area contributed by atoms with Crippen LogP contribution in [0.15, 0.2) is 176 Å². The molecule has 0 saturated carbocycles. The average Bonchev–Trinajstić information content (AvgIpc) is 3.83. The van der Waals surface area contributed by atoms with Crippen molar-refractivity contribution in [2.24, 2.45) is 10.2 Å². The summed E-state index contributed by atoms with van der Waals surface area (Å²) in [5.41, 5.74) is 12.3. The number of allylic oxidation sites excluding steroid dienone is 10. The van der Waals surface area contributed by atoms with E-state index in [0.717, 1.165) is 24.3 Å². The lowest BCUT2D eigenvalue weighted by molar-refractivity contribution is 0.647. The molecule has 0 aromatic heterocycles. The van der Waals surface area contributed by atoms with Gasteiger partial charge in [0.05, 0.1) is 21.2 Å². The van der Waals surface area contributed by atoms with Crippen LogP contribution in [0.2, 0.25) is 13.1 Å². The smallest absolute Gasteiger partial charge is 0.162 e. The fourth-order valence-electron chi connectivity index (χ4n) is 7.29. The average molecular weight is 687 g/mol. The summed E-state index contributed by atoms with van der Waals surface area (Å²) in [7, 11) is -2.44. The zero-order chi connectivity index (χ0) is 33.0. The van der Waals surface area contributed by atoms with Gasteiger partial charge in [0.1, 0.15) is 0 Å². The molecule has 0 saturated heterocycles. The minimum atomic E-state index is -2.44. The van der Waals surface area contributed by atoms with E-state index in [1.54, 1.807) is 23.9 Å². The van der Waals surface area contributed by atoms with Crippen LogP contribution in [-0.2, 0) is 0 Å². The predicted octanol–water partition coefficient (Wildman–Crippen LogP) is 11.0. The topological polar surface area (TPSA) is 31.2 Å². The van der Waals surface area contributed by atoms with Gasteiger partial charge in [0.15, 0.2) is 8.07 Å². The van der Waals surface area contributed by atoms with E-state index in [1.165, 1.54) is 65.0 Å². The number of rotatable bonds is 6. The van der Waals surface area contributed by atoms with E-state index in [2.05, 4.69) is 168 Å². The quantitative estimate of drug-likeness (QED) is 0.149. The standard InChI is InChI=1S/C42H34N4S2Si/c1-49(2)41(45-43-35-27-33(23-25-37(35)47-45)29-15-7-3-8-16-29)39(31-19-11-5-12-20-31)40(32-21-13-6-14-22-32)42(49)46-44-36-28-34(24-26-38(36)48-46)30-17-9-4-10-18-30/h3-26H,27-28H2,1-2H3. The lowest BCUT2D eigenvalue weighted by Crippen LogP contribution is -2.39. The first-order valence-corrected chi connectivity index (χ1v) is 21.2. The maximum atomic E-state index is 5.42. The van der Waals surface area contributed by atoms with Gasteiger partial charge in [-0.25, -0.2) is 8.83 Å². The van der Waals surface area contributed by atoms with Crippen LogP contribution in [0.4, 0.5) is 0 Å². The Balaban J connectivity index is 1.16. The number of hydrogen-bond donors (Lipinski definition) is 0. The Labute approximate surface area is 297 Å².